The standard InChI is InChI=1S/C13H16O/c1-14-13-8-6-12(7-9-13)10-11-4-2-3-5-11/h4,6-9H,2-3,5,10H2,1H3. The predicted molar refractivity (Wildman–Crippen MR) is 58.6 cm³/mol. The minimum atomic E-state index is 0.939. The summed E-state index contributed by atoms with van der Waals surface area (Å²) in [6, 6.07) is 8.37. The fourth-order valence-electron chi connectivity index (χ4n) is 1.90. The number of allylic oxidation sites excluding steroid dienone is 2. The van der Waals surface area contributed by atoms with Gasteiger partial charge >= 0.3 is 0 Å². The number of hydrogen-bond acceptors (Lipinski definition) is 1. The van der Waals surface area contributed by atoms with Gasteiger partial charge < -0.3 is 4.74 Å². The van der Waals surface area contributed by atoms with Crippen molar-refractivity contribution >= 4 is 0 Å². The Morgan fingerprint density at radius 2 is 2.00 bits per heavy atom. The number of benzene rings is 1. The molecule has 0 spiro atoms. The summed E-state index contributed by atoms with van der Waals surface area (Å²) in [5.41, 5.74) is 2.98. The first-order valence-corrected chi connectivity index (χ1v) is 5.19. The van der Waals surface area contributed by atoms with E-state index in [0.29, 0.717) is 0 Å². The molecular weight excluding hydrogens is 172 g/mol. The van der Waals surface area contributed by atoms with Gasteiger partial charge in [-0.2, -0.15) is 0 Å². The minimum Gasteiger partial charge on any atom is -0.497 e. The minimum absolute atomic E-state index is 0.939. The van der Waals surface area contributed by atoms with Crippen molar-refractivity contribution in [1.82, 2.24) is 0 Å². The molecule has 0 saturated carbocycles. The van der Waals surface area contributed by atoms with Crippen LogP contribution in [-0.2, 0) is 6.42 Å². The first-order chi connectivity index (χ1) is 6.88. The molecule has 1 aliphatic carbocycles. The Hall–Kier alpha value is -1.24. The second-order valence-corrected chi connectivity index (χ2v) is 3.78. The van der Waals surface area contributed by atoms with Gasteiger partial charge in [-0.1, -0.05) is 23.8 Å². The van der Waals surface area contributed by atoms with Crippen LogP contribution in [0.2, 0.25) is 0 Å². The van der Waals surface area contributed by atoms with Crippen LogP contribution in [0.15, 0.2) is 35.9 Å². The van der Waals surface area contributed by atoms with E-state index >= 15 is 0 Å². The Morgan fingerprint density at radius 3 is 2.57 bits per heavy atom. The van der Waals surface area contributed by atoms with Gasteiger partial charge in [-0.05, 0) is 43.4 Å². The van der Waals surface area contributed by atoms with Crippen molar-refractivity contribution in [3.05, 3.63) is 41.5 Å². The van der Waals surface area contributed by atoms with E-state index in [4.69, 9.17) is 4.74 Å². The van der Waals surface area contributed by atoms with E-state index in [9.17, 15) is 0 Å². The van der Waals surface area contributed by atoms with Crippen LogP contribution in [0, 0.1) is 0 Å². The summed E-state index contributed by atoms with van der Waals surface area (Å²) >= 11 is 0. The van der Waals surface area contributed by atoms with E-state index in [1.165, 1.54) is 24.8 Å². The average Bonchev–Trinajstić information content (AvgIpc) is 2.72. The van der Waals surface area contributed by atoms with Crippen molar-refractivity contribution < 1.29 is 4.74 Å². The van der Waals surface area contributed by atoms with Gasteiger partial charge in [0.15, 0.2) is 0 Å². The molecule has 1 aliphatic rings. The highest BCUT2D eigenvalue weighted by Crippen LogP contribution is 2.22. The van der Waals surface area contributed by atoms with Crippen molar-refractivity contribution in [2.75, 3.05) is 7.11 Å². The van der Waals surface area contributed by atoms with Crippen LogP contribution in [0.3, 0.4) is 0 Å². The SMILES string of the molecule is COc1ccc(CC2=CCCC2)cc1. The van der Waals surface area contributed by atoms with Crippen LogP contribution in [0.5, 0.6) is 5.75 Å². The van der Waals surface area contributed by atoms with Crippen molar-refractivity contribution in [2.45, 2.75) is 25.7 Å². The summed E-state index contributed by atoms with van der Waals surface area (Å²) in [4.78, 5) is 0. The van der Waals surface area contributed by atoms with E-state index in [-0.39, 0.29) is 0 Å². The van der Waals surface area contributed by atoms with Gasteiger partial charge in [-0.3, -0.25) is 0 Å². The average molecular weight is 188 g/mol. The summed E-state index contributed by atoms with van der Waals surface area (Å²) in [6.07, 6.45) is 7.39. The molecule has 1 aromatic carbocycles. The summed E-state index contributed by atoms with van der Waals surface area (Å²) in [6.45, 7) is 0. The van der Waals surface area contributed by atoms with E-state index in [1.807, 2.05) is 12.1 Å². The molecule has 1 aromatic rings. The van der Waals surface area contributed by atoms with Gasteiger partial charge in [-0.25, -0.2) is 0 Å². The normalized spacial score (nSPS) is 15.4. The van der Waals surface area contributed by atoms with Crippen LogP contribution < -0.4 is 4.74 Å². The summed E-state index contributed by atoms with van der Waals surface area (Å²) < 4.78 is 5.12. The van der Waals surface area contributed by atoms with Crippen LogP contribution in [0.1, 0.15) is 24.8 Å². The fourth-order valence-corrected chi connectivity index (χ4v) is 1.90. The zero-order chi connectivity index (χ0) is 9.80. The molecule has 14 heavy (non-hydrogen) atoms. The molecule has 0 unspecified atom stereocenters. The smallest absolute Gasteiger partial charge is 0.118 e. The molecule has 74 valence electrons. The lowest BCUT2D eigenvalue weighted by Crippen LogP contribution is -1.88. The molecule has 0 aliphatic heterocycles. The highest BCUT2D eigenvalue weighted by atomic mass is 16.5. The maximum Gasteiger partial charge on any atom is 0.118 e. The first-order valence-electron chi connectivity index (χ1n) is 5.19. The molecule has 1 nitrogen and oxygen atoms in total. The lowest BCUT2D eigenvalue weighted by Gasteiger charge is -2.04. The molecule has 0 bridgehead atoms. The first kappa shape index (κ1) is 9.32. The van der Waals surface area contributed by atoms with Gasteiger partial charge in [0.1, 0.15) is 5.75 Å². The molecule has 0 atom stereocenters. The maximum absolute atomic E-state index is 5.12. The Morgan fingerprint density at radius 1 is 1.21 bits per heavy atom. The van der Waals surface area contributed by atoms with E-state index < -0.39 is 0 Å². The molecule has 0 saturated heterocycles. The lowest BCUT2D eigenvalue weighted by molar-refractivity contribution is 0.414. The zero-order valence-corrected chi connectivity index (χ0v) is 8.62. The third-order valence-electron chi connectivity index (χ3n) is 2.73. The topological polar surface area (TPSA) is 9.23 Å². The van der Waals surface area contributed by atoms with Crippen molar-refractivity contribution in [1.29, 1.82) is 0 Å². The zero-order valence-electron chi connectivity index (χ0n) is 8.62. The van der Waals surface area contributed by atoms with Gasteiger partial charge in [0.05, 0.1) is 7.11 Å². The van der Waals surface area contributed by atoms with E-state index in [0.717, 1.165) is 12.2 Å². The molecule has 0 aromatic heterocycles. The van der Waals surface area contributed by atoms with Crippen LogP contribution in [-0.4, -0.2) is 7.11 Å². The maximum atomic E-state index is 5.12. The van der Waals surface area contributed by atoms with Crippen LogP contribution in [0.4, 0.5) is 0 Å². The van der Waals surface area contributed by atoms with Crippen molar-refractivity contribution in [3.8, 4) is 5.75 Å². The lowest BCUT2D eigenvalue weighted by atomic mass is 10.0. The van der Waals surface area contributed by atoms with Crippen molar-refractivity contribution in [2.24, 2.45) is 0 Å². The van der Waals surface area contributed by atoms with Gasteiger partial charge in [0.2, 0.25) is 0 Å². The van der Waals surface area contributed by atoms with E-state index in [2.05, 4.69) is 18.2 Å². The molecular formula is C13H16O. The molecule has 0 fully saturated rings. The van der Waals surface area contributed by atoms with Crippen molar-refractivity contribution in [3.63, 3.8) is 0 Å². The largest absolute Gasteiger partial charge is 0.497 e. The van der Waals surface area contributed by atoms with E-state index in [1.54, 1.807) is 12.7 Å². The molecule has 1 heteroatoms. The molecule has 0 heterocycles. The second kappa shape index (κ2) is 4.32. The summed E-state index contributed by atoms with van der Waals surface area (Å²) in [5.74, 6) is 0.939. The van der Waals surface area contributed by atoms with Gasteiger partial charge in [0.25, 0.3) is 0 Å². The third-order valence-corrected chi connectivity index (χ3v) is 2.73. The number of hydrogen-bond donors (Lipinski definition) is 0. The summed E-state index contributed by atoms with van der Waals surface area (Å²) in [7, 11) is 1.70. The molecule has 0 amide bonds. The van der Waals surface area contributed by atoms with Gasteiger partial charge in [0, 0.05) is 0 Å². The fraction of sp³-hybridized carbons (Fsp3) is 0.385. The highest BCUT2D eigenvalue weighted by Gasteiger charge is 2.05. The Labute approximate surface area is 85.4 Å². The Bertz CT molecular complexity index is 322. The predicted octanol–water partition coefficient (Wildman–Crippen LogP) is 3.35. The Balaban J connectivity index is 2.02. The monoisotopic (exact) mass is 188 g/mol. The third kappa shape index (κ3) is 2.16. The quantitative estimate of drug-likeness (QED) is 0.661. The number of methoxy groups -OCH3 is 1. The molecule has 2 rings (SSSR count). The number of ether oxygens (including phenoxy) is 1. The summed E-state index contributed by atoms with van der Waals surface area (Å²) in [5, 5.41) is 0. The van der Waals surface area contributed by atoms with Crippen LogP contribution in [0.25, 0.3) is 0 Å². The van der Waals surface area contributed by atoms with Crippen LogP contribution >= 0.6 is 0 Å². The molecule has 0 radical (unpaired) electrons. The van der Waals surface area contributed by atoms with Gasteiger partial charge in [-0.15, -0.1) is 0 Å². The second-order valence-electron chi connectivity index (χ2n) is 3.78. The highest BCUT2D eigenvalue weighted by molar-refractivity contribution is 5.30. The Kier molecular flexibility index (Phi) is 2.87. The number of rotatable bonds is 3. The molecule has 0 N–H and O–H groups in total.